The molecule has 0 unspecified atom stereocenters. The Balaban J connectivity index is 0.000000342. The number of carboxylic acids is 1. The molecule has 2 N–H and O–H groups in total. The number of allylic oxidation sites excluding steroid dienone is 2. The Morgan fingerprint density at radius 2 is 2.04 bits per heavy atom. The molecule has 0 spiro atoms. The molecule has 3 aliphatic heterocycles. The maximum atomic E-state index is 12.0. The molecular weight excluding hydrogens is 390 g/mol. The van der Waals surface area contributed by atoms with Crippen molar-refractivity contribution in [2.75, 3.05) is 38.5 Å². The molecule has 0 aliphatic carbocycles. The summed E-state index contributed by atoms with van der Waals surface area (Å²) in [4.78, 5) is 26.6. The van der Waals surface area contributed by atoms with Crippen molar-refractivity contribution in [3.8, 4) is 0 Å². The lowest BCUT2D eigenvalue weighted by atomic mass is 10.2. The number of nitrogens with zero attached hydrogens (tertiary/aromatic N) is 2. The number of carbonyl (C=O) groups is 2. The fourth-order valence-corrected chi connectivity index (χ4v) is 4.95. The first-order valence-electron chi connectivity index (χ1n) is 8.78. The molecule has 3 aliphatic rings. The van der Waals surface area contributed by atoms with Crippen molar-refractivity contribution < 1.29 is 14.7 Å². The van der Waals surface area contributed by atoms with Crippen molar-refractivity contribution in [1.82, 2.24) is 15.1 Å². The maximum Gasteiger partial charge on any atom is 0.323 e. The van der Waals surface area contributed by atoms with Gasteiger partial charge in [0.2, 0.25) is 0 Å². The number of thioether (sulfide) groups is 2. The van der Waals surface area contributed by atoms with Crippen LogP contribution in [-0.4, -0.2) is 69.6 Å². The first kappa shape index (κ1) is 21.3. The fourth-order valence-electron chi connectivity index (χ4n) is 2.66. The van der Waals surface area contributed by atoms with Crippen molar-refractivity contribution in [2.24, 2.45) is 0 Å². The SMILES string of the molecule is C1CCNCC1.CCN1CCS/C1=C/C=C1\SC(=S)N(CC(=O)O)C1=O. The van der Waals surface area contributed by atoms with Crippen LogP contribution in [0, 0.1) is 0 Å². The summed E-state index contributed by atoms with van der Waals surface area (Å²) in [6.45, 7) is 6.16. The van der Waals surface area contributed by atoms with E-state index >= 15 is 0 Å². The average molecular weight is 416 g/mol. The molecule has 0 aromatic heterocycles. The van der Waals surface area contributed by atoms with E-state index in [-0.39, 0.29) is 12.5 Å². The minimum absolute atomic E-state index is 0.300. The molecule has 3 heterocycles. The van der Waals surface area contributed by atoms with Crippen molar-refractivity contribution in [2.45, 2.75) is 26.2 Å². The second-order valence-corrected chi connectivity index (χ2v) is 8.72. The molecule has 0 atom stereocenters. The zero-order valence-corrected chi connectivity index (χ0v) is 17.4. The number of carboxylic acid groups (broad SMARTS) is 1. The first-order valence-corrected chi connectivity index (χ1v) is 11.0. The van der Waals surface area contributed by atoms with E-state index in [0.29, 0.717) is 9.23 Å². The van der Waals surface area contributed by atoms with Crippen molar-refractivity contribution in [3.63, 3.8) is 0 Å². The Morgan fingerprint density at radius 1 is 1.31 bits per heavy atom. The van der Waals surface area contributed by atoms with Crippen molar-refractivity contribution in [1.29, 1.82) is 0 Å². The van der Waals surface area contributed by atoms with Gasteiger partial charge in [0.1, 0.15) is 10.9 Å². The summed E-state index contributed by atoms with van der Waals surface area (Å²) in [5, 5.41) is 13.2. The fraction of sp³-hybridized carbons (Fsp3) is 0.588. The van der Waals surface area contributed by atoms with E-state index in [4.69, 9.17) is 17.3 Å². The van der Waals surface area contributed by atoms with E-state index in [0.717, 1.165) is 40.5 Å². The standard InChI is InChI=1S/C12H14N2O3S3.C5H11N/c1-2-13-5-6-19-9(13)4-3-8-11(17)14(7-10(15)16)12(18)20-8;1-2-4-6-5-3-1/h3-4H,2,5-7H2,1H3,(H,15,16);6H,1-5H2/b8-3-,9-4+;. The zero-order chi connectivity index (χ0) is 18.9. The molecule has 3 rings (SSSR count). The molecule has 0 saturated carbocycles. The predicted molar refractivity (Wildman–Crippen MR) is 112 cm³/mol. The highest BCUT2D eigenvalue weighted by molar-refractivity contribution is 8.26. The molecule has 26 heavy (non-hydrogen) atoms. The molecule has 0 bridgehead atoms. The summed E-state index contributed by atoms with van der Waals surface area (Å²) in [5.41, 5.74) is 0. The number of piperidine rings is 1. The van der Waals surface area contributed by atoms with Gasteiger partial charge in [-0.2, -0.15) is 0 Å². The van der Waals surface area contributed by atoms with Gasteiger partial charge in [-0.25, -0.2) is 0 Å². The maximum absolute atomic E-state index is 12.0. The highest BCUT2D eigenvalue weighted by Gasteiger charge is 2.33. The molecule has 0 aromatic rings. The van der Waals surface area contributed by atoms with E-state index in [1.165, 1.54) is 32.4 Å². The normalized spacial score (nSPS) is 23.6. The lowest BCUT2D eigenvalue weighted by Gasteiger charge is -2.15. The Bertz CT molecular complexity index is 592. The van der Waals surface area contributed by atoms with Gasteiger partial charge in [0.15, 0.2) is 0 Å². The van der Waals surface area contributed by atoms with Crippen LogP contribution in [0.25, 0.3) is 0 Å². The van der Waals surface area contributed by atoms with Crippen LogP contribution >= 0.6 is 35.7 Å². The van der Waals surface area contributed by atoms with Gasteiger partial charge in [-0.3, -0.25) is 14.5 Å². The van der Waals surface area contributed by atoms with Crippen LogP contribution in [0.3, 0.4) is 0 Å². The van der Waals surface area contributed by atoms with Crippen LogP contribution in [0.5, 0.6) is 0 Å². The molecule has 9 heteroatoms. The first-order chi connectivity index (χ1) is 12.5. The lowest BCUT2D eigenvalue weighted by molar-refractivity contribution is -0.140. The van der Waals surface area contributed by atoms with Gasteiger partial charge in [0.25, 0.3) is 5.91 Å². The number of hydrogen-bond acceptors (Lipinski definition) is 7. The van der Waals surface area contributed by atoms with Crippen LogP contribution in [0.4, 0.5) is 0 Å². The van der Waals surface area contributed by atoms with E-state index in [2.05, 4.69) is 17.1 Å². The molecule has 3 fully saturated rings. The van der Waals surface area contributed by atoms with Crippen molar-refractivity contribution in [3.05, 3.63) is 22.1 Å². The third-order valence-electron chi connectivity index (χ3n) is 4.06. The van der Waals surface area contributed by atoms with Crippen LogP contribution < -0.4 is 5.32 Å². The summed E-state index contributed by atoms with van der Waals surface area (Å²) in [7, 11) is 0. The van der Waals surface area contributed by atoms with Crippen LogP contribution in [-0.2, 0) is 9.59 Å². The minimum Gasteiger partial charge on any atom is -0.480 e. The lowest BCUT2D eigenvalue weighted by Crippen LogP contribution is -2.33. The van der Waals surface area contributed by atoms with Gasteiger partial charge in [-0.05, 0) is 45.0 Å². The average Bonchev–Trinajstić information content (AvgIpc) is 3.21. The van der Waals surface area contributed by atoms with Crippen LogP contribution in [0.15, 0.2) is 22.1 Å². The third kappa shape index (κ3) is 6.29. The number of hydrogen-bond donors (Lipinski definition) is 2. The molecule has 3 saturated heterocycles. The Morgan fingerprint density at radius 3 is 2.58 bits per heavy atom. The summed E-state index contributed by atoms with van der Waals surface area (Å²) in [6, 6.07) is 0. The van der Waals surface area contributed by atoms with Gasteiger partial charge in [-0.15, -0.1) is 11.8 Å². The molecular formula is C17H25N3O3S3. The molecule has 144 valence electrons. The van der Waals surface area contributed by atoms with E-state index in [9.17, 15) is 9.59 Å². The third-order valence-corrected chi connectivity index (χ3v) is 6.53. The Labute approximate surface area is 168 Å². The number of thiocarbonyl (C=S) groups is 1. The number of aliphatic carboxylic acids is 1. The molecule has 6 nitrogen and oxygen atoms in total. The van der Waals surface area contributed by atoms with Crippen LogP contribution in [0.2, 0.25) is 0 Å². The smallest absolute Gasteiger partial charge is 0.323 e. The van der Waals surface area contributed by atoms with Gasteiger partial charge >= 0.3 is 5.97 Å². The van der Waals surface area contributed by atoms with Gasteiger partial charge in [-0.1, -0.05) is 30.4 Å². The second kappa shape index (κ2) is 11.0. The highest BCUT2D eigenvalue weighted by atomic mass is 32.2. The topological polar surface area (TPSA) is 72.9 Å². The van der Waals surface area contributed by atoms with Crippen LogP contribution in [0.1, 0.15) is 26.2 Å². The summed E-state index contributed by atoms with van der Waals surface area (Å²) >= 11 is 7.94. The summed E-state index contributed by atoms with van der Waals surface area (Å²) in [5.74, 6) is -0.345. The molecule has 0 radical (unpaired) electrons. The second-order valence-electron chi connectivity index (χ2n) is 5.93. The number of carbonyl (C=O) groups excluding carboxylic acids is 1. The van der Waals surface area contributed by atoms with E-state index in [1.54, 1.807) is 17.8 Å². The summed E-state index contributed by atoms with van der Waals surface area (Å²) < 4.78 is 0.300. The van der Waals surface area contributed by atoms with E-state index in [1.807, 2.05) is 6.08 Å². The van der Waals surface area contributed by atoms with Gasteiger partial charge in [0, 0.05) is 18.8 Å². The van der Waals surface area contributed by atoms with E-state index < -0.39 is 5.97 Å². The van der Waals surface area contributed by atoms with Crippen molar-refractivity contribution >= 4 is 51.9 Å². The number of amides is 1. The zero-order valence-electron chi connectivity index (χ0n) is 14.9. The largest absolute Gasteiger partial charge is 0.480 e. The molecule has 0 aromatic carbocycles. The van der Waals surface area contributed by atoms with Gasteiger partial charge in [0.05, 0.1) is 9.93 Å². The highest BCUT2D eigenvalue weighted by Crippen LogP contribution is 2.32. The predicted octanol–water partition coefficient (Wildman–Crippen LogP) is 2.49. The van der Waals surface area contributed by atoms with Gasteiger partial charge < -0.3 is 15.3 Å². The quantitative estimate of drug-likeness (QED) is 0.536. The Hall–Kier alpha value is -1.03. The monoisotopic (exact) mass is 415 g/mol. The summed E-state index contributed by atoms with van der Waals surface area (Å²) in [6.07, 6.45) is 7.86. The molecule has 1 amide bonds. The Kier molecular flexibility index (Phi) is 8.97. The minimum atomic E-state index is -1.07. The number of rotatable bonds is 4. The number of nitrogens with one attached hydrogen (secondary N) is 1.